The Bertz CT molecular complexity index is 1080. The lowest BCUT2D eigenvalue weighted by atomic mass is 10.0. The van der Waals surface area contributed by atoms with Crippen molar-refractivity contribution in [1.82, 2.24) is 10.6 Å². The van der Waals surface area contributed by atoms with Gasteiger partial charge in [-0.2, -0.15) is 0 Å². The van der Waals surface area contributed by atoms with Gasteiger partial charge < -0.3 is 10.6 Å². The lowest BCUT2D eigenvalue weighted by Gasteiger charge is -2.21. The lowest BCUT2D eigenvalue weighted by Crippen LogP contribution is -2.35. The van der Waals surface area contributed by atoms with E-state index in [1.807, 2.05) is 6.07 Å². The molecule has 31 heavy (non-hydrogen) atoms. The molecule has 3 aromatic carbocycles. The number of hydrogen-bond donors (Lipinski definition) is 2. The highest BCUT2D eigenvalue weighted by Gasteiger charge is 2.22. The molecular weight excluding hydrogens is 422 g/mol. The highest BCUT2D eigenvalue weighted by molar-refractivity contribution is 6.33. The second kappa shape index (κ2) is 10.2. The fourth-order valence-corrected chi connectivity index (χ4v) is 3.45. The first-order valence-electron chi connectivity index (χ1n) is 9.70. The summed E-state index contributed by atoms with van der Waals surface area (Å²) in [7, 11) is 0. The van der Waals surface area contributed by atoms with E-state index < -0.39 is 35.5 Å². The quantitative estimate of drug-likeness (QED) is 0.517. The maximum absolute atomic E-state index is 14.0. The molecule has 2 N–H and O–H groups in total. The van der Waals surface area contributed by atoms with Crippen LogP contribution in [-0.2, 0) is 4.79 Å². The predicted molar refractivity (Wildman–Crippen MR) is 116 cm³/mol. The zero-order chi connectivity index (χ0) is 22.4. The van der Waals surface area contributed by atoms with Crippen LogP contribution in [0.2, 0.25) is 5.02 Å². The number of carbonyl (C=O) groups excluding carboxylic acids is 2. The highest BCUT2D eigenvalue weighted by atomic mass is 35.5. The van der Waals surface area contributed by atoms with Crippen molar-refractivity contribution in [3.63, 3.8) is 0 Å². The summed E-state index contributed by atoms with van der Waals surface area (Å²) in [5.41, 5.74) is 1.06. The van der Waals surface area contributed by atoms with Crippen LogP contribution in [0.3, 0.4) is 0 Å². The van der Waals surface area contributed by atoms with Gasteiger partial charge in [0.25, 0.3) is 5.91 Å². The summed E-state index contributed by atoms with van der Waals surface area (Å²) in [5.74, 6) is -2.05. The van der Waals surface area contributed by atoms with Crippen LogP contribution >= 0.6 is 11.6 Å². The molecule has 0 heterocycles. The number of halogens is 3. The molecule has 3 aromatic rings. The van der Waals surface area contributed by atoms with Crippen LogP contribution in [0.5, 0.6) is 0 Å². The second-order valence-electron chi connectivity index (χ2n) is 7.08. The van der Waals surface area contributed by atoms with E-state index in [-0.39, 0.29) is 12.0 Å². The van der Waals surface area contributed by atoms with E-state index in [0.717, 1.165) is 23.8 Å². The Morgan fingerprint density at radius 1 is 0.935 bits per heavy atom. The van der Waals surface area contributed by atoms with E-state index >= 15 is 0 Å². The molecule has 0 aromatic heterocycles. The average molecular weight is 443 g/mol. The molecule has 0 radical (unpaired) electrons. The van der Waals surface area contributed by atoms with E-state index in [0.29, 0.717) is 10.6 Å². The molecule has 0 aliphatic carbocycles. The smallest absolute Gasteiger partial charge is 0.253 e. The monoisotopic (exact) mass is 442 g/mol. The number of rotatable bonds is 7. The van der Waals surface area contributed by atoms with Crippen LogP contribution in [-0.4, -0.2) is 11.8 Å². The van der Waals surface area contributed by atoms with E-state index in [4.69, 9.17) is 11.6 Å². The molecule has 0 aliphatic rings. The Kier molecular flexibility index (Phi) is 7.36. The molecule has 4 nitrogen and oxygen atoms in total. The third-order valence-electron chi connectivity index (χ3n) is 4.82. The van der Waals surface area contributed by atoms with Gasteiger partial charge in [-0.15, -0.1) is 0 Å². The van der Waals surface area contributed by atoms with Crippen molar-refractivity contribution < 1.29 is 18.4 Å². The van der Waals surface area contributed by atoms with Crippen LogP contribution in [0.4, 0.5) is 8.78 Å². The van der Waals surface area contributed by atoms with Crippen molar-refractivity contribution in [2.45, 2.75) is 25.4 Å². The zero-order valence-corrected chi connectivity index (χ0v) is 17.5. The minimum atomic E-state index is -0.751. The summed E-state index contributed by atoms with van der Waals surface area (Å²) in [5, 5.41) is 5.80. The topological polar surface area (TPSA) is 58.2 Å². The first kappa shape index (κ1) is 22.4. The maximum atomic E-state index is 14.0. The molecule has 2 unspecified atom stereocenters. The Balaban J connectivity index is 1.75. The normalized spacial score (nSPS) is 12.6. The van der Waals surface area contributed by atoms with Crippen LogP contribution in [0.25, 0.3) is 0 Å². The molecule has 2 amide bonds. The Morgan fingerprint density at radius 3 is 2.32 bits per heavy atom. The van der Waals surface area contributed by atoms with Crippen molar-refractivity contribution in [2.24, 2.45) is 0 Å². The predicted octanol–water partition coefficient (Wildman–Crippen LogP) is 5.36. The number of hydrogen-bond acceptors (Lipinski definition) is 2. The molecule has 160 valence electrons. The van der Waals surface area contributed by atoms with Crippen LogP contribution in [0, 0.1) is 11.6 Å². The van der Waals surface area contributed by atoms with Gasteiger partial charge in [-0.25, -0.2) is 8.78 Å². The van der Waals surface area contributed by atoms with E-state index in [2.05, 4.69) is 10.6 Å². The largest absolute Gasteiger partial charge is 0.349 e. The standard InChI is InChI=1S/C24H21ClF2N2O2/c1-15(19-13-17(26)11-12-21(19)27)28-23(30)14-22(16-7-3-2-4-8-16)29-24(31)18-9-5-6-10-20(18)25/h2-13,15,22H,14H2,1H3,(H,28,30)(H,29,31). The Labute approximate surface area is 184 Å². The fourth-order valence-electron chi connectivity index (χ4n) is 3.23. The van der Waals surface area contributed by atoms with Gasteiger partial charge in [-0.05, 0) is 42.8 Å². The number of amides is 2. The zero-order valence-electron chi connectivity index (χ0n) is 16.7. The van der Waals surface area contributed by atoms with Gasteiger partial charge >= 0.3 is 0 Å². The van der Waals surface area contributed by atoms with E-state index in [1.54, 1.807) is 55.5 Å². The number of benzene rings is 3. The van der Waals surface area contributed by atoms with Crippen LogP contribution in [0.1, 0.15) is 46.9 Å². The summed E-state index contributed by atoms with van der Waals surface area (Å²) < 4.78 is 27.5. The summed E-state index contributed by atoms with van der Waals surface area (Å²) in [4.78, 5) is 25.4. The van der Waals surface area contributed by atoms with E-state index in [1.165, 1.54) is 0 Å². The van der Waals surface area contributed by atoms with Gasteiger partial charge in [-0.1, -0.05) is 54.1 Å². The molecule has 2 atom stereocenters. The third-order valence-corrected chi connectivity index (χ3v) is 5.15. The number of nitrogens with one attached hydrogen (secondary N) is 2. The van der Waals surface area contributed by atoms with Crippen molar-refractivity contribution in [1.29, 1.82) is 0 Å². The SMILES string of the molecule is CC(NC(=O)CC(NC(=O)c1ccccc1Cl)c1ccccc1)c1cc(F)ccc1F. The summed E-state index contributed by atoms with van der Waals surface area (Å²) in [6.07, 6.45) is -0.0958. The van der Waals surface area contributed by atoms with Crippen LogP contribution in [0.15, 0.2) is 72.8 Å². The van der Waals surface area contributed by atoms with Gasteiger partial charge in [-0.3, -0.25) is 9.59 Å². The van der Waals surface area contributed by atoms with Crippen molar-refractivity contribution >= 4 is 23.4 Å². The Hall–Kier alpha value is -3.25. The third kappa shape index (κ3) is 5.89. The van der Waals surface area contributed by atoms with E-state index in [9.17, 15) is 18.4 Å². The van der Waals surface area contributed by atoms with Crippen molar-refractivity contribution in [3.05, 3.63) is 106 Å². The van der Waals surface area contributed by atoms with Crippen LogP contribution < -0.4 is 10.6 Å². The molecule has 0 fully saturated rings. The molecule has 0 saturated carbocycles. The molecular formula is C24H21ClF2N2O2. The summed E-state index contributed by atoms with van der Waals surface area (Å²) in [6, 6.07) is 17.3. The van der Waals surface area contributed by atoms with Crippen molar-refractivity contribution in [2.75, 3.05) is 0 Å². The van der Waals surface area contributed by atoms with Gasteiger partial charge in [0.1, 0.15) is 11.6 Å². The molecule has 3 rings (SSSR count). The molecule has 0 aliphatic heterocycles. The summed E-state index contributed by atoms with van der Waals surface area (Å²) >= 11 is 6.11. The first-order chi connectivity index (χ1) is 14.8. The van der Waals surface area contributed by atoms with Gasteiger partial charge in [0.15, 0.2) is 0 Å². The Morgan fingerprint density at radius 2 is 1.61 bits per heavy atom. The van der Waals surface area contributed by atoms with Gasteiger partial charge in [0, 0.05) is 5.56 Å². The summed E-state index contributed by atoms with van der Waals surface area (Å²) in [6.45, 7) is 1.57. The second-order valence-corrected chi connectivity index (χ2v) is 7.48. The minimum Gasteiger partial charge on any atom is -0.349 e. The fraction of sp³-hybridized carbons (Fsp3) is 0.167. The molecule has 7 heteroatoms. The van der Waals surface area contributed by atoms with Gasteiger partial charge in [0.2, 0.25) is 5.91 Å². The van der Waals surface area contributed by atoms with Crippen molar-refractivity contribution in [3.8, 4) is 0 Å². The number of carbonyl (C=O) groups is 2. The van der Waals surface area contributed by atoms with Gasteiger partial charge in [0.05, 0.1) is 29.1 Å². The molecule has 0 bridgehead atoms. The minimum absolute atomic E-state index is 0.0460. The first-order valence-corrected chi connectivity index (χ1v) is 10.1. The average Bonchev–Trinajstić information content (AvgIpc) is 2.75. The highest BCUT2D eigenvalue weighted by Crippen LogP contribution is 2.22. The lowest BCUT2D eigenvalue weighted by molar-refractivity contribution is -0.122. The maximum Gasteiger partial charge on any atom is 0.253 e. The molecule has 0 spiro atoms. The molecule has 0 saturated heterocycles.